The number of aliphatic hydroxyl groups is 3. The maximum Gasteiger partial charge on any atom is 0.167 e. The zero-order valence-electron chi connectivity index (χ0n) is 18.1. The summed E-state index contributed by atoms with van der Waals surface area (Å²) in [5.41, 5.74) is 1.15. The average molecular weight is 434 g/mol. The smallest absolute Gasteiger partial charge is 0.167 e. The molecule has 0 amide bonds. The minimum atomic E-state index is -1.17. The molecule has 0 bridgehead atoms. The summed E-state index contributed by atoms with van der Waals surface area (Å²) < 4.78 is 7.25. The molecule has 1 saturated heterocycles. The van der Waals surface area contributed by atoms with Crippen molar-refractivity contribution in [1.29, 1.82) is 0 Å². The van der Waals surface area contributed by atoms with Gasteiger partial charge in [-0.15, -0.1) is 0 Å². The number of imidazole rings is 1. The lowest BCUT2D eigenvalue weighted by Gasteiger charge is -2.20. The van der Waals surface area contributed by atoms with Gasteiger partial charge in [-0.3, -0.25) is 4.57 Å². The van der Waals surface area contributed by atoms with Crippen LogP contribution >= 0.6 is 0 Å². The molecule has 31 heavy (non-hydrogen) atoms. The Balaban J connectivity index is 1.50. The fraction of sp³-hybridized carbons (Fsp3) is 0.773. The Hall–Kier alpha value is -1.81. The van der Waals surface area contributed by atoms with Crippen molar-refractivity contribution in [3.05, 3.63) is 12.7 Å². The topological polar surface area (TPSA) is 126 Å². The molecular formula is C22H35N5O4. The van der Waals surface area contributed by atoms with Crippen molar-refractivity contribution < 1.29 is 20.1 Å². The van der Waals surface area contributed by atoms with Crippen LogP contribution in [0.25, 0.3) is 11.2 Å². The van der Waals surface area contributed by atoms with Gasteiger partial charge in [0.2, 0.25) is 0 Å². The second-order valence-electron chi connectivity index (χ2n) is 8.88. The third-order valence-corrected chi connectivity index (χ3v) is 6.60. The number of nitrogens with one attached hydrogen (secondary N) is 1. The van der Waals surface area contributed by atoms with Gasteiger partial charge in [-0.1, -0.05) is 57.8 Å². The van der Waals surface area contributed by atoms with E-state index in [-0.39, 0.29) is 6.61 Å². The van der Waals surface area contributed by atoms with Crippen LogP contribution in [0.15, 0.2) is 12.7 Å². The normalized spacial score (nSPS) is 29.5. The van der Waals surface area contributed by atoms with Gasteiger partial charge in [-0.25, -0.2) is 15.0 Å². The van der Waals surface area contributed by atoms with Crippen LogP contribution in [-0.4, -0.2) is 65.8 Å². The Morgan fingerprint density at radius 2 is 1.55 bits per heavy atom. The summed E-state index contributed by atoms with van der Waals surface area (Å²) >= 11 is 0. The van der Waals surface area contributed by atoms with Gasteiger partial charge in [0.05, 0.1) is 12.9 Å². The summed E-state index contributed by atoms with van der Waals surface area (Å²) in [4.78, 5) is 13.3. The van der Waals surface area contributed by atoms with E-state index in [9.17, 15) is 15.3 Å². The first kappa shape index (κ1) is 22.4. The Morgan fingerprint density at radius 3 is 2.16 bits per heavy atom. The first-order chi connectivity index (χ1) is 15.2. The highest BCUT2D eigenvalue weighted by atomic mass is 16.6. The summed E-state index contributed by atoms with van der Waals surface area (Å²) in [5.74, 6) is 0.688. The average Bonchev–Trinajstić information content (AvgIpc) is 3.32. The lowest BCUT2D eigenvalue weighted by Crippen LogP contribution is -2.33. The van der Waals surface area contributed by atoms with Gasteiger partial charge in [0.25, 0.3) is 0 Å². The molecule has 4 rings (SSSR count). The fourth-order valence-electron chi connectivity index (χ4n) is 4.75. The van der Waals surface area contributed by atoms with E-state index in [1.807, 2.05) is 0 Å². The van der Waals surface area contributed by atoms with Crippen molar-refractivity contribution in [3.63, 3.8) is 0 Å². The molecule has 0 aromatic carbocycles. The van der Waals surface area contributed by atoms with Crippen LogP contribution in [0.2, 0.25) is 0 Å². The van der Waals surface area contributed by atoms with Crippen molar-refractivity contribution in [3.8, 4) is 0 Å². The third-order valence-electron chi connectivity index (χ3n) is 6.60. The molecule has 2 aliphatic rings. The van der Waals surface area contributed by atoms with E-state index >= 15 is 0 Å². The van der Waals surface area contributed by atoms with Crippen LogP contribution in [0.3, 0.4) is 0 Å². The summed E-state index contributed by atoms with van der Waals surface area (Å²) in [7, 11) is 0. The summed E-state index contributed by atoms with van der Waals surface area (Å²) in [6.07, 6.45) is 12.9. The standard InChI is InChI=1S/C22H35N5O4/c28-12-16-18(29)19(30)22(31-16)27-14-25-17-20(23-13-24-21(17)27)26-15-10-8-6-4-2-1-3-5-7-9-11-15/h13-16,18-19,22,28-30H,1-12H2,(H,23,24,26)/t16-,18-,19-,22?/m1/s1. The fourth-order valence-corrected chi connectivity index (χ4v) is 4.75. The lowest BCUT2D eigenvalue weighted by molar-refractivity contribution is -0.0511. The van der Waals surface area contributed by atoms with Crippen LogP contribution in [0.5, 0.6) is 0 Å². The van der Waals surface area contributed by atoms with E-state index in [2.05, 4.69) is 20.3 Å². The molecule has 1 unspecified atom stereocenters. The van der Waals surface area contributed by atoms with E-state index in [0.29, 0.717) is 23.0 Å². The monoisotopic (exact) mass is 433 g/mol. The Kier molecular flexibility index (Phi) is 7.71. The molecule has 9 heteroatoms. The molecule has 0 spiro atoms. The van der Waals surface area contributed by atoms with Gasteiger partial charge in [-0.2, -0.15) is 0 Å². The van der Waals surface area contributed by atoms with Gasteiger partial charge in [0.15, 0.2) is 23.2 Å². The summed E-state index contributed by atoms with van der Waals surface area (Å²) in [6.45, 7) is -0.370. The number of nitrogens with zero attached hydrogens (tertiary/aromatic N) is 4. The molecule has 3 heterocycles. The number of rotatable bonds is 4. The highest BCUT2D eigenvalue weighted by molar-refractivity contribution is 5.82. The first-order valence-corrected chi connectivity index (χ1v) is 11.8. The van der Waals surface area contributed by atoms with Crippen LogP contribution < -0.4 is 5.32 Å². The molecule has 1 saturated carbocycles. The number of fused-ring (bicyclic) bond motifs is 1. The van der Waals surface area contributed by atoms with E-state index in [1.165, 1.54) is 64.1 Å². The number of aromatic nitrogens is 4. The van der Waals surface area contributed by atoms with E-state index in [4.69, 9.17) is 4.74 Å². The second-order valence-corrected chi connectivity index (χ2v) is 8.88. The van der Waals surface area contributed by atoms with Crippen molar-refractivity contribution in [2.45, 2.75) is 101 Å². The van der Waals surface area contributed by atoms with Gasteiger partial charge in [0.1, 0.15) is 24.6 Å². The molecule has 172 valence electrons. The molecular weight excluding hydrogens is 398 g/mol. The molecule has 2 fully saturated rings. The number of aliphatic hydroxyl groups excluding tert-OH is 3. The van der Waals surface area contributed by atoms with Gasteiger partial charge < -0.3 is 25.4 Å². The highest BCUT2D eigenvalue weighted by Crippen LogP contribution is 2.32. The maximum atomic E-state index is 10.4. The highest BCUT2D eigenvalue weighted by Gasteiger charge is 2.44. The number of ether oxygens (including phenoxy) is 1. The van der Waals surface area contributed by atoms with E-state index < -0.39 is 24.5 Å². The Bertz CT molecular complexity index is 819. The van der Waals surface area contributed by atoms with Crippen molar-refractivity contribution in [1.82, 2.24) is 19.5 Å². The van der Waals surface area contributed by atoms with Crippen LogP contribution in [0, 0.1) is 0 Å². The zero-order valence-corrected chi connectivity index (χ0v) is 18.1. The van der Waals surface area contributed by atoms with Crippen molar-refractivity contribution >= 4 is 17.0 Å². The molecule has 9 nitrogen and oxygen atoms in total. The molecule has 4 N–H and O–H groups in total. The van der Waals surface area contributed by atoms with Crippen LogP contribution in [0.4, 0.5) is 5.82 Å². The first-order valence-electron chi connectivity index (χ1n) is 11.8. The summed E-state index contributed by atoms with van der Waals surface area (Å²) in [5, 5.41) is 33.4. The SMILES string of the molecule is OC[C@H]1OC(n2cnc3c(NC4CCCCCCCCCCC4)ncnc32)[C@H](O)[C@@H]1O. The minimum absolute atomic E-state index is 0.344. The quantitative estimate of drug-likeness (QED) is 0.580. The maximum absolute atomic E-state index is 10.4. The largest absolute Gasteiger partial charge is 0.394 e. The molecule has 4 atom stereocenters. The zero-order chi connectivity index (χ0) is 21.6. The minimum Gasteiger partial charge on any atom is -0.394 e. The van der Waals surface area contributed by atoms with E-state index in [1.54, 1.807) is 10.9 Å². The number of anilines is 1. The van der Waals surface area contributed by atoms with E-state index in [0.717, 1.165) is 12.8 Å². The van der Waals surface area contributed by atoms with Gasteiger partial charge in [-0.05, 0) is 12.8 Å². The van der Waals surface area contributed by atoms with Crippen LogP contribution in [-0.2, 0) is 4.74 Å². The van der Waals surface area contributed by atoms with Crippen LogP contribution in [0.1, 0.15) is 76.9 Å². The predicted molar refractivity (Wildman–Crippen MR) is 117 cm³/mol. The molecule has 2 aromatic heterocycles. The lowest BCUT2D eigenvalue weighted by atomic mass is 9.98. The molecule has 0 radical (unpaired) electrons. The predicted octanol–water partition coefficient (Wildman–Crippen LogP) is 2.52. The van der Waals surface area contributed by atoms with Gasteiger partial charge in [0, 0.05) is 6.04 Å². The summed E-state index contributed by atoms with van der Waals surface area (Å²) in [6, 6.07) is 0.344. The number of hydrogen-bond donors (Lipinski definition) is 4. The Labute approximate surface area is 182 Å². The van der Waals surface area contributed by atoms with Gasteiger partial charge >= 0.3 is 0 Å². The molecule has 2 aromatic rings. The van der Waals surface area contributed by atoms with Crippen molar-refractivity contribution in [2.75, 3.05) is 11.9 Å². The molecule has 1 aliphatic heterocycles. The number of hydrogen-bond acceptors (Lipinski definition) is 8. The molecule has 1 aliphatic carbocycles. The third kappa shape index (κ3) is 5.16. The second kappa shape index (κ2) is 10.7. The Morgan fingerprint density at radius 1 is 0.903 bits per heavy atom. The van der Waals surface area contributed by atoms with Crippen molar-refractivity contribution in [2.24, 2.45) is 0 Å².